The minimum atomic E-state index is -0.363. The molecule has 0 aliphatic rings. The summed E-state index contributed by atoms with van der Waals surface area (Å²) >= 11 is 0. The largest absolute Gasteiger partial charge is 0.350 e. The van der Waals surface area contributed by atoms with E-state index in [1.54, 1.807) is 22.4 Å². The fourth-order valence-electron chi connectivity index (χ4n) is 3.33. The number of hydrogen-bond donors (Lipinski definition) is 1. The smallest absolute Gasteiger partial charge is 0.263 e. The second-order valence-corrected chi connectivity index (χ2v) is 7.25. The number of carbonyl (C=O) groups is 1. The summed E-state index contributed by atoms with van der Waals surface area (Å²) in [7, 11) is 3.91. The fourth-order valence-corrected chi connectivity index (χ4v) is 3.33. The SMILES string of the molecule is Cc1ccn(C(C)CN(C)C)c(=O)c1C(=O)NCCn1nnc2ccccc21. The number of hydrogen-bond acceptors (Lipinski definition) is 5. The lowest BCUT2D eigenvalue weighted by Gasteiger charge is -2.20. The fraction of sp³-hybridized carbons (Fsp3) is 0.400. The lowest BCUT2D eigenvalue weighted by atomic mass is 10.1. The van der Waals surface area contributed by atoms with Crippen LogP contribution >= 0.6 is 0 Å². The van der Waals surface area contributed by atoms with E-state index in [-0.39, 0.29) is 23.1 Å². The molecule has 2 heterocycles. The van der Waals surface area contributed by atoms with Gasteiger partial charge in [0.2, 0.25) is 0 Å². The lowest BCUT2D eigenvalue weighted by molar-refractivity contribution is 0.0949. The molecule has 0 bridgehead atoms. The number of aryl methyl sites for hydroxylation is 1. The van der Waals surface area contributed by atoms with Crippen LogP contribution in [0.4, 0.5) is 0 Å². The Kier molecular flexibility index (Phi) is 5.89. The van der Waals surface area contributed by atoms with Gasteiger partial charge in [-0.2, -0.15) is 0 Å². The summed E-state index contributed by atoms with van der Waals surface area (Å²) in [5, 5.41) is 11.0. The van der Waals surface area contributed by atoms with E-state index in [0.717, 1.165) is 11.0 Å². The second-order valence-electron chi connectivity index (χ2n) is 7.25. The summed E-state index contributed by atoms with van der Waals surface area (Å²) in [6.45, 7) is 5.29. The molecular formula is C20H26N6O2. The zero-order valence-electron chi connectivity index (χ0n) is 16.7. The van der Waals surface area contributed by atoms with Gasteiger partial charge < -0.3 is 14.8 Å². The van der Waals surface area contributed by atoms with E-state index in [1.807, 2.05) is 56.3 Å². The minimum absolute atomic E-state index is 0.0313. The Morgan fingerprint density at radius 3 is 2.75 bits per heavy atom. The summed E-state index contributed by atoms with van der Waals surface area (Å²) in [6, 6.07) is 9.43. The summed E-state index contributed by atoms with van der Waals surface area (Å²) in [4.78, 5) is 27.6. The van der Waals surface area contributed by atoms with E-state index in [1.165, 1.54) is 0 Å². The van der Waals surface area contributed by atoms with Crippen LogP contribution in [0.1, 0.15) is 28.9 Å². The molecule has 1 unspecified atom stereocenters. The van der Waals surface area contributed by atoms with Gasteiger partial charge in [-0.25, -0.2) is 4.68 Å². The average molecular weight is 382 g/mol. The van der Waals surface area contributed by atoms with Crippen molar-refractivity contribution in [3.63, 3.8) is 0 Å². The van der Waals surface area contributed by atoms with Crippen molar-refractivity contribution in [2.75, 3.05) is 27.2 Å². The lowest BCUT2D eigenvalue weighted by Crippen LogP contribution is -2.37. The molecule has 0 saturated carbocycles. The number of carbonyl (C=O) groups excluding carboxylic acids is 1. The van der Waals surface area contributed by atoms with Crippen LogP contribution in [0.25, 0.3) is 11.0 Å². The zero-order valence-corrected chi connectivity index (χ0v) is 16.7. The first-order valence-electron chi connectivity index (χ1n) is 9.31. The summed E-state index contributed by atoms with van der Waals surface area (Å²) in [6.07, 6.45) is 1.75. The Balaban J connectivity index is 1.72. The van der Waals surface area contributed by atoms with Gasteiger partial charge in [-0.15, -0.1) is 5.10 Å². The molecule has 1 N–H and O–H groups in total. The maximum atomic E-state index is 12.9. The van der Waals surface area contributed by atoms with Crippen LogP contribution in [0.15, 0.2) is 41.3 Å². The van der Waals surface area contributed by atoms with E-state index >= 15 is 0 Å². The van der Waals surface area contributed by atoms with Crippen LogP contribution < -0.4 is 10.9 Å². The number of nitrogens with one attached hydrogen (secondary N) is 1. The number of nitrogens with zero attached hydrogens (tertiary/aromatic N) is 5. The number of fused-ring (bicyclic) bond motifs is 1. The van der Waals surface area contributed by atoms with Gasteiger partial charge in [0.15, 0.2) is 0 Å². The zero-order chi connectivity index (χ0) is 20.3. The topological polar surface area (TPSA) is 85.0 Å². The summed E-state index contributed by atoms with van der Waals surface area (Å²) < 4.78 is 3.36. The van der Waals surface area contributed by atoms with E-state index < -0.39 is 0 Å². The van der Waals surface area contributed by atoms with E-state index in [9.17, 15) is 9.59 Å². The van der Waals surface area contributed by atoms with Gasteiger partial charge in [-0.3, -0.25) is 9.59 Å². The van der Waals surface area contributed by atoms with Gasteiger partial charge in [-0.05, 0) is 51.7 Å². The highest BCUT2D eigenvalue weighted by atomic mass is 16.2. The Morgan fingerprint density at radius 1 is 1.25 bits per heavy atom. The van der Waals surface area contributed by atoms with Crippen molar-refractivity contribution in [3.05, 3.63) is 58.0 Å². The molecule has 2 aromatic heterocycles. The Labute approximate surface area is 163 Å². The van der Waals surface area contributed by atoms with Crippen LogP contribution in [0, 0.1) is 6.92 Å². The van der Waals surface area contributed by atoms with E-state index in [4.69, 9.17) is 0 Å². The Bertz CT molecular complexity index is 1040. The molecule has 0 aliphatic carbocycles. The third-order valence-corrected chi connectivity index (χ3v) is 4.69. The molecule has 3 rings (SSSR count). The minimum Gasteiger partial charge on any atom is -0.350 e. The number of amides is 1. The highest BCUT2D eigenvalue weighted by Crippen LogP contribution is 2.10. The number of rotatable bonds is 7. The van der Waals surface area contributed by atoms with Crippen molar-refractivity contribution >= 4 is 16.9 Å². The van der Waals surface area contributed by atoms with E-state index in [2.05, 4.69) is 15.6 Å². The molecule has 8 nitrogen and oxygen atoms in total. The van der Waals surface area contributed by atoms with E-state index in [0.29, 0.717) is 25.2 Å². The summed E-state index contributed by atoms with van der Waals surface area (Å²) in [5.41, 5.74) is 2.31. The Morgan fingerprint density at radius 2 is 2.00 bits per heavy atom. The third kappa shape index (κ3) is 4.12. The average Bonchev–Trinajstić information content (AvgIpc) is 3.04. The van der Waals surface area contributed by atoms with Crippen LogP contribution in [0.3, 0.4) is 0 Å². The first-order valence-corrected chi connectivity index (χ1v) is 9.31. The van der Waals surface area contributed by atoms with Gasteiger partial charge in [-0.1, -0.05) is 17.3 Å². The molecular weight excluding hydrogens is 356 g/mol. The van der Waals surface area contributed by atoms with Crippen molar-refractivity contribution in [1.29, 1.82) is 0 Å². The molecule has 3 aromatic rings. The monoisotopic (exact) mass is 382 g/mol. The quantitative estimate of drug-likeness (QED) is 0.669. The number of pyridine rings is 1. The molecule has 28 heavy (non-hydrogen) atoms. The van der Waals surface area contributed by atoms with Crippen molar-refractivity contribution in [2.45, 2.75) is 26.4 Å². The molecule has 0 fully saturated rings. The molecule has 1 amide bonds. The first kappa shape index (κ1) is 19.8. The molecule has 0 radical (unpaired) electrons. The third-order valence-electron chi connectivity index (χ3n) is 4.69. The predicted molar refractivity (Wildman–Crippen MR) is 109 cm³/mol. The normalized spacial score (nSPS) is 12.5. The molecule has 148 valence electrons. The highest BCUT2D eigenvalue weighted by Gasteiger charge is 2.18. The van der Waals surface area contributed by atoms with Gasteiger partial charge in [0, 0.05) is 25.3 Å². The van der Waals surface area contributed by atoms with Crippen molar-refractivity contribution in [3.8, 4) is 0 Å². The maximum Gasteiger partial charge on any atom is 0.263 e. The molecule has 8 heteroatoms. The standard InChI is InChI=1S/C20H26N6O2/c1-14-9-11-25(15(2)13-24(3)4)20(28)18(14)19(27)21-10-12-26-17-8-6-5-7-16(17)22-23-26/h5-9,11,15H,10,12-13H2,1-4H3,(H,21,27). The van der Waals surface area contributed by atoms with Crippen molar-refractivity contribution < 1.29 is 4.79 Å². The number of likely N-dealkylation sites (N-methyl/N-ethyl adjacent to an activating group) is 1. The molecule has 1 atom stereocenters. The molecule has 0 saturated heterocycles. The van der Waals surface area contributed by atoms with Crippen molar-refractivity contribution in [2.24, 2.45) is 0 Å². The van der Waals surface area contributed by atoms with Gasteiger partial charge in [0.25, 0.3) is 11.5 Å². The highest BCUT2D eigenvalue weighted by molar-refractivity contribution is 5.95. The maximum absolute atomic E-state index is 12.9. The van der Waals surface area contributed by atoms with Gasteiger partial charge >= 0.3 is 0 Å². The number of aromatic nitrogens is 4. The van der Waals surface area contributed by atoms with Crippen LogP contribution in [-0.2, 0) is 6.54 Å². The van der Waals surface area contributed by atoms with Crippen LogP contribution in [0.2, 0.25) is 0 Å². The molecule has 1 aromatic carbocycles. The second kappa shape index (κ2) is 8.35. The van der Waals surface area contributed by atoms with Gasteiger partial charge in [0.1, 0.15) is 11.1 Å². The number of benzene rings is 1. The summed E-state index contributed by atoms with van der Waals surface area (Å²) in [5.74, 6) is -0.363. The van der Waals surface area contributed by atoms with Crippen LogP contribution in [0.5, 0.6) is 0 Å². The first-order chi connectivity index (χ1) is 13.4. The van der Waals surface area contributed by atoms with Crippen molar-refractivity contribution in [1.82, 2.24) is 29.8 Å². The molecule has 0 aliphatic heterocycles. The predicted octanol–water partition coefficient (Wildman–Crippen LogP) is 1.45. The number of para-hydroxylation sites is 1. The van der Waals surface area contributed by atoms with Gasteiger partial charge in [0.05, 0.1) is 12.1 Å². The Hall–Kier alpha value is -3.00. The van der Waals surface area contributed by atoms with Crippen LogP contribution in [-0.4, -0.2) is 57.6 Å². The molecule has 0 spiro atoms.